The number of benzene rings is 2. The van der Waals surface area contributed by atoms with Crippen molar-refractivity contribution in [3.8, 4) is 11.5 Å². The van der Waals surface area contributed by atoms with Crippen molar-refractivity contribution < 1.29 is 17.9 Å². The van der Waals surface area contributed by atoms with Gasteiger partial charge in [0.2, 0.25) is 10.0 Å². The van der Waals surface area contributed by atoms with Crippen LogP contribution in [0.4, 0.5) is 5.69 Å². The Hall–Kier alpha value is -2.25. The van der Waals surface area contributed by atoms with E-state index < -0.39 is 10.0 Å². The molecule has 27 heavy (non-hydrogen) atoms. The first kappa shape index (κ1) is 18.1. The Morgan fingerprint density at radius 1 is 0.926 bits per heavy atom. The number of ether oxygens (including phenoxy) is 2. The molecule has 1 fully saturated rings. The van der Waals surface area contributed by atoms with Crippen molar-refractivity contribution in [3.63, 3.8) is 0 Å². The normalized spacial score (nSPS) is 17.7. The summed E-state index contributed by atoms with van der Waals surface area (Å²) < 4.78 is 38.7. The molecule has 0 saturated carbocycles. The van der Waals surface area contributed by atoms with Crippen LogP contribution in [0.15, 0.2) is 47.4 Å². The van der Waals surface area contributed by atoms with E-state index >= 15 is 0 Å². The Morgan fingerprint density at radius 2 is 1.63 bits per heavy atom. The SMILES string of the molecule is CCc1ccccc1N1CCN(S(=O)(=O)c2ccc3c(c2)OCCO3)CC1. The molecule has 0 bridgehead atoms. The molecule has 0 N–H and O–H groups in total. The van der Waals surface area contributed by atoms with Crippen LogP contribution in [0.25, 0.3) is 0 Å². The second-order valence-corrected chi connectivity index (χ2v) is 8.62. The van der Waals surface area contributed by atoms with Crippen LogP contribution in [-0.2, 0) is 16.4 Å². The minimum atomic E-state index is -3.55. The quantitative estimate of drug-likeness (QED) is 0.806. The van der Waals surface area contributed by atoms with Gasteiger partial charge in [0.1, 0.15) is 13.2 Å². The third-order valence-electron chi connectivity index (χ3n) is 5.10. The monoisotopic (exact) mass is 388 g/mol. The number of sulfonamides is 1. The number of para-hydroxylation sites is 1. The first-order chi connectivity index (χ1) is 13.1. The van der Waals surface area contributed by atoms with E-state index in [0.29, 0.717) is 50.9 Å². The summed E-state index contributed by atoms with van der Waals surface area (Å²) in [6.07, 6.45) is 0.964. The molecule has 6 nitrogen and oxygen atoms in total. The summed E-state index contributed by atoms with van der Waals surface area (Å²) in [5.74, 6) is 1.10. The summed E-state index contributed by atoms with van der Waals surface area (Å²) in [4.78, 5) is 2.53. The maximum Gasteiger partial charge on any atom is 0.243 e. The lowest BCUT2D eigenvalue weighted by molar-refractivity contribution is 0.171. The highest BCUT2D eigenvalue weighted by Gasteiger charge is 2.30. The molecular formula is C20H24N2O4S. The van der Waals surface area contributed by atoms with Gasteiger partial charge in [-0.25, -0.2) is 8.42 Å². The lowest BCUT2D eigenvalue weighted by atomic mass is 10.1. The molecule has 0 aromatic heterocycles. The van der Waals surface area contributed by atoms with Crippen molar-refractivity contribution in [3.05, 3.63) is 48.0 Å². The predicted octanol–water partition coefficient (Wildman–Crippen LogP) is 2.53. The van der Waals surface area contributed by atoms with Crippen molar-refractivity contribution in [2.24, 2.45) is 0 Å². The maximum atomic E-state index is 13.1. The van der Waals surface area contributed by atoms with Crippen LogP contribution < -0.4 is 14.4 Å². The summed E-state index contributed by atoms with van der Waals surface area (Å²) in [6, 6.07) is 13.2. The number of hydrogen-bond acceptors (Lipinski definition) is 5. The zero-order chi connectivity index (χ0) is 18.9. The molecule has 2 aliphatic heterocycles. The van der Waals surface area contributed by atoms with Gasteiger partial charge in [0.15, 0.2) is 11.5 Å². The van der Waals surface area contributed by atoms with E-state index in [-0.39, 0.29) is 4.90 Å². The minimum absolute atomic E-state index is 0.258. The van der Waals surface area contributed by atoms with Gasteiger partial charge in [0.05, 0.1) is 4.90 Å². The van der Waals surface area contributed by atoms with Crippen LogP contribution in [0.2, 0.25) is 0 Å². The summed E-state index contributed by atoms with van der Waals surface area (Å²) >= 11 is 0. The summed E-state index contributed by atoms with van der Waals surface area (Å²) in [7, 11) is -3.55. The van der Waals surface area contributed by atoms with Crippen LogP contribution in [0.1, 0.15) is 12.5 Å². The predicted molar refractivity (Wildman–Crippen MR) is 104 cm³/mol. The molecule has 4 rings (SSSR count). The van der Waals surface area contributed by atoms with Gasteiger partial charge >= 0.3 is 0 Å². The second kappa shape index (κ2) is 7.40. The average molecular weight is 388 g/mol. The average Bonchev–Trinajstić information content (AvgIpc) is 2.73. The van der Waals surface area contributed by atoms with Crippen LogP contribution in [0.3, 0.4) is 0 Å². The van der Waals surface area contributed by atoms with Crippen molar-refractivity contribution in [2.75, 3.05) is 44.3 Å². The van der Waals surface area contributed by atoms with Crippen LogP contribution in [-0.4, -0.2) is 52.1 Å². The fourth-order valence-electron chi connectivity index (χ4n) is 3.62. The van der Waals surface area contributed by atoms with Gasteiger partial charge < -0.3 is 14.4 Å². The fraction of sp³-hybridized carbons (Fsp3) is 0.400. The van der Waals surface area contributed by atoms with Gasteiger partial charge in [-0.15, -0.1) is 0 Å². The molecule has 0 aliphatic carbocycles. The van der Waals surface area contributed by atoms with Gasteiger partial charge in [-0.05, 0) is 30.2 Å². The molecule has 2 aromatic rings. The van der Waals surface area contributed by atoms with E-state index in [4.69, 9.17) is 9.47 Å². The van der Waals surface area contributed by atoms with E-state index in [9.17, 15) is 8.42 Å². The van der Waals surface area contributed by atoms with Crippen molar-refractivity contribution in [1.29, 1.82) is 0 Å². The van der Waals surface area contributed by atoms with E-state index in [2.05, 4.69) is 24.0 Å². The minimum Gasteiger partial charge on any atom is -0.486 e. The first-order valence-corrected chi connectivity index (χ1v) is 10.8. The van der Waals surface area contributed by atoms with Crippen LogP contribution in [0, 0.1) is 0 Å². The zero-order valence-electron chi connectivity index (χ0n) is 15.4. The molecule has 1 saturated heterocycles. The topological polar surface area (TPSA) is 59.1 Å². The third-order valence-corrected chi connectivity index (χ3v) is 7.00. The van der Waals surface area contributed by atoms with Gasteiger partial charge in [0.25, 0.3) is 0 Å². The van der Waals surface area contributed by atoms with Gasteiger partial charge in [-0.1, -0.05) is 25.1 Å². The number of rotatable bonds is 4. The molecule has 7 heteroatoms. The Labute approximate surface area is 160 Å². The van der Waals surface area contributed by atoms with E-state index in [1.807, 2.05) is 12.1 Å². The van der Waals surface area contributed by atoms with Gasteiger partial charge in [0, 0.05) is 37.9 Å². The molecule has 0 unspecified atom stereocenters. The summed E-state index contributed by atoms with van der Waals surface area (Å²) in [5.41, 5.74) is 2.50. The van der Waals surface area contributed by atoms with Gasteiger partial charge in [-0.3, -0.25) is 0 Å². The highest BCUT2D eigenvalue weighted by Crippen LogP contribution is 2.33. The largest absolute Gasteiger partial charge is 0.486 e. The van der Waals surface area contributed by atoms with Crippen LogP contribution in [0.5, 0.6) is 11.5 Å². The molecule has 0 radical (unpaired) electrons. The van der Waals surface area contributed by atoms with Crippen molar-refractivity contribution in [2.45, 2.75) is 18.2 Å². The summed E-state index contributed by atoms with van der Waals surface area (Å²) in [5, 5.41) is 0. The summed E-state index contributed by atoms with van der Waals surface area (Å²) in [6.45, 7) is 5.36. The molecule has 2 aliphatic rings. The standard InChI is InChI=1S/C20H24N2O4S/c1-2-16-5-3-4-6-18(16)21-9-11-22(12-10-21)27(23,24)17-7-8-19-20(15-17)26-14-13-25-19/h3-8,15H,2,9-14H2,1H3. The van der Waals surface area contributed by atoms with E-state index in [1.54, 1.807) is 22.5 Å². The lowest BCUT2D eigenvalue weighted by Gasteiger charge is -2.36. The Morgan fingerprint density at radius 3 is 2.37 bits per heavy atom. The molecule has 0 spiro atoms. The van der Waals surface area contributed by atoms with E-state index in [0.717, 1.165) is 6.42 Å². The number of aryl methyl sites for hydroxylation is 1. The molecule has 2 heterocycles. The van der Waals surface area contributed by atoms with Gasteiger partial charge in [-0.2, -0.15) is 4.31 Å². The molecule has 0 atom stereocenters. The Bertz CT molecular complexity index is 921. The smallest absolute Gasteiger partial charge is 0.243 e. The fourth-order valence-corrected chi connectivity index (χ4v) is 5.06. The highest BCUT2D eigenvalue weighted by atomic mass is 32.2. The number of fused-ring (bicyclic) bond motifs is 1. The Kier molecular flexibility index (Phi) is 4.97. The van der Waals surface area contributed by atoms with E-state index in [1.165, 1.54) is 11.3 Å². The van der Waals surface area contributed by atoms with Crippen LogP contribution >= 0.6 is 0 Å². The lowest BCUT2D eigenvalue weighted by Crippen LogP contribution is -2.48. The number of piperazine rings is 1. The number of nitrogens with zero attached hydrogens (tertiary/aromatic N) is 2. The number of anilines is 1. The Balaban J connectivity index is 1.50. The molecule has 0 amide bonds. The molecular weight excluding hydrogens is 364 g/mol. The zero-order valence-corrected chi connectivity index (χ0v) is 16.2. The second-order valence-electron chi connectivity index (χ2n) is 6.68. The molecule has 144 valence electrons. The maximum absolute atomic E-state index is 13.1. The van der Waals surface area contributed by atoms with Crippen molar-refractivity contribution >= 4 is 15.7 Å². The third kappa shape index (κ3) is 3.49. The first-order valence-electron chi connectivity index (χ1n) is 9.32. The highest BCUT2D eigenvalue weighted by molar-refractivity contribution is 7.89. The van der Waals surface area contributed by atoms with Crippen molar-refractivity contribution in [1.82, 2.24) is 4.31 Å². The molecule has 2 aromatic carbocycles. The number of hydrogen-bond donors (Lipinski definition) is 0.